The summed E-state index contributed by atoms with van der Waals surface area (Å²) in [5.74, 6) is 1.06. The number of methoxy groups -OCH3 is 2. The van der Waals surface area contributed by atoms with Crippen LogP contribution in [0.1, 0.15) is 24.1 Å². The van der Waals surface area contributed by atoms with Crippen molar-refractivity contribution in [3.05, 3.63) is 53.4 Å². The van der Waals surface area contributed by atoms with Gasteiger partial charge in [0.1, 0.15) is 13.2 Å². The summed E-state index contributed by atoms with van der Waals surface area (Å²) in [7, 11) is 2.95. The molecule has 0 bridgehead atoms. The third-order valence-corrected chi connectivity index (χ3v) is 4.31. The number of nitrogens with one attached hydrogen (secondary N) is 1. The van der Waals surface area contributed by atoms with Gasteiger partial charge in [-0.3, -0.25) is 4.79 Å². The maximum absolute atomic E-state index is 13.8. The van der Waals surface area contributed by atoms with Crippen molar-refractivity contribution in [2.45, 2.75) is 13.0 Å². The zero-order valence-electron chi connectivity index (χ0n) is 16.0. The van der Waals surface area contributed by atoms with Crippen LogP contribution in [0.25, 0.3) is 6.08 Å². The number of hydrogen-bond acceptors (Lipinski definition) is 5. The molecule has 0 saturated heterocycles. The molecule has 1 aliphatic heterocycles. The van der Waals surface area contributed by atoms with Crippen molar-refractivity contribution >= 4 is 12.0 Å². The zero-order chi connectivity index (χ0) is 20.1. The Labute approximate surface area is 162 Å². The third kappa shape index (κ3) is 4.36. The SMILES string of the molecule is COc1ccc(C(C)NC(=O)/C=C/c2cc(OC)c3c(c2)OCCO3)cc1F. The first-order valence-electron chi connectivity index (χ1n) is 8.81. The Hall–Kier alpha value is -3.22. The van der Waals surface area contributed by atoms with Gasteiger partial charge in [0.2, 0.25) is 11.7 Å². The Morgan fingerprint density at radius 3 is 2.61 bits per heavy atom. The van der Waals surface area contributed by atoms with Crippen LogP contribution in [0.5, 0.6) is 23.0 Å². The lowest BCUT2D eigenvalue weighted by atomic mass is 10.1. The van der Waals surface area contributed by atoms with Crippen LogP contribution in [-0.4, -0.2) is 33.3 Å². The van der Waals surface area contributed by atoms with Crippen LogP contribution >= 0.6 is 0 Å². The van der Waals surface area contributed by atoms with Crippen molar-refractivity contribution in [3.8, 4) is 23.0 Å². The van der Waals surface area contributed by atoms with Gasteiger partial charge in [0, 0.05) is 6.08 Å². The van der Waals surface area contributed by atoms with Crippen LogP contribution in [0, 0.1) is 5.82 Å². The minimum absolute atomic E-state index is 0.162. The number of ether oxygens (including phenoxy) is 4. The van der Waals surface area contributed by atoms with Gasteiger partial charge in [-0.15, -0.1) is 0 Å². The molecule has 0 spiro atoms. The molecule has 1 aliphatic rings. The van der Waals surface area contributed by atoms with Gasteiger partial charge in [-0.1, -0.05) is 6.07 Å². The lowest BCUT2D eigenvalue weighted by Gasteiger charge is -2.21. The lowest BCUT2D eigenvalue weighted by Crippen LogP contribution is -2.24. The van der Waals surface area contributed by atoms with Crippen molar-refractivity contribution in [1.29, 1.82) is 0 Å². The predicted molar refractivity (Wildman–Crippen MR) is 103 cm³/mol. The first-order valence-corrected chi connectivity index (χ1v) is 8.81. The molecule has 3 rings (SSSR count). The highest BCUT2D eigenvalue weighted by Crippen LogP contribution is 2.40. The summed E-state index contributed by atoms with van der Waals surface area (Å²) in [5, 5.41) is 2.80. The molecule has 0 aliphatic carbocycles. The summed E-state index contributed by atoms with van der Waals surface area (Å²) in [4.78, 5) is 12.2. The van der Waals surface area contributed by atoms with Crippen LogP contribution in [0.2, 0.25) is 0 Å². The molecular weight excluding hydrogens is 365 g/mol. The second-order valence-electron chi connectivity index (χ2n) is 6.20. The molecule has 1 atom stereocenters. The molecule has 0 aromatic heterocycles. The summed E-state index contributed by atoms with van der Waals surface area (Å²) in [6.07, 6.45) is 3.05. The first-order chi connectivity index (χ1) is 13.5. The number of halogens is 1. The molecule has 1 heterocycles. The highest BCUT2D eigenvalue weighted by Gasteiger charge is 2.18. The first kappa shape index (κ1) is 19.5. The number of hydrogen-bond donors (Lipinski definition) is 1. The maximum Gasteiger partial charge on any atom is 0.244 e. The largest absolute Gasteiger partial charge is 0.494 e. The summed E-state index contributed by atoms with van der Waals surface area (Å²) in [5.41, 5.74) is 1.38. The summed E-state index contributed by atoms with van der Waals surface area (Å²) in [6.45, 7) is 2.70. The molecule has 0 radical (unpaired) electrons. The van der Waals surface area contributed by atoms with E-state index in [1.807, 2.05) is 0 Å². The fourth-order valence-electron chi connectivity index (χ4n) is 2.86. The number of fused-ring (bicyclic) bond motifs is 1. The molecule has 1 N–H and O–H groups in total. The van der Waals surface area contributed by atoms with E-state index in [9.17, 15) is 9.18 Å². The third-order valence-electron chi connectivity index (χ3n) is 4.31. The van der Waals surface area contributed by atoms with Crippen LogP contribution in [0.15, 0.2) is 36.4 Å². The van der Waals surface area contributed by atoms with Crippen molar-refractivity contribution in [2.75, 3.05) is 27.4 Å². The highest BCUT2D eigenvalue weighted by molar-refractivity contribution is 5.92. The van der Waals surface area contributed by atoms with Gasteiger partial charge in [-0.05, 0) is 48.4 Å². The molecule has 7 heteroatoms. The Balaban J connectivity index is 1.69. The van der Waals surface area contributed by atoms with Crippen LogP contribution < -0.4 is 24.3 Å². The zero-order valence-corrected chi connectivity index (χ0v) is 16.0. The van der Waals surface area contributed by atoms with Gasteiger partial charge in [-0.25, -0.2) is 4.39 Å². The smallest absolute Gasteiger partial charge is 0.244 e. The molecule has 2 aromatic carbocycles. The Kier molecular flexibility index (Phi) is 6.03. The van der Waals surface area contributed by atoms with Gasteiger partial charge in [-0.2, -0.15) is 0 Å². The van der Waals surface area contributed by atoms with E-state index in [1.165, 1.54) is 25.3 Å². The minimum Gasteiger partial charge on any atom is -0.494 e. The van der Waals surface area contributed by atoms with Crippen LogP contribution in [0.4, 0.5) is 4.39 Å². The van der Waals surface area contributed by atoms with Crippen molar-refractivity contribution in [1.82, 2.24) is 5.32 Å². The normalized spacial score (nSPS) is 13.9. The number of carbonyl (C=O) groups is 1. The quantitative estimate of drug-likeness (QED) is 0.769. The maximum atomic E-state index is 13.8. The minimum atomic E-state index is -0.472. The Morgan fingerprint density at radius 2 is 1.89 bits per heavy atom. The fraction of sp³-hybridized carbons (Fsp3) is 0.286. The molecular formula is C21H22FNO5. The van der Waals surface area contributed by atoms with E-state index in [2.05, 4.69) is 5.32 Å². The molecule has 6 nitrogen and oxygen atoms in total. The Bertz CT molecular complexity index is 879. The number of benzene rings is 2. The second kappa shape index (κ2) is 8.65. The van der Waals surface area contributed by atoms with Crippen molar-refractivity contribution in [3.63, 3.8) is 0 Å². The number of rotatable bonds is 6. The van der Waals surface area contributed by atoms with E-state index in [1.54, 1.807) is 38.3 Å². The van der Waals surface area contributed by atoms with Gasteiger partial charge in [0.05, 0.1) is 20.3 Å². The van der Waals surface area contributed by atoms with E-state index in [0.717, 1.165) is 5.56 Å². The van der Waals surface area contributed by atoms with Gasteiger partial charge in [0.15, 0.2) is 23.1 Å². The molecule has 0 saturated carbocycles. The lowest BCUT2D eigenvalue weighted by molar-refractivity contribution is -0.117. The summed E-state index contributed by atoms with van der Waals surface area (Å²) in [6, 6.07) is 7.77. The summed E-state index contributed by atoms with van der Waals surface area (Å²) >= 11 is 0. The highest BCUT2D eigenvalue weighted by atomic mass is 19.1. The standard InChI is InChI=1S/C21H22FNO5/c1-13(15-5-6-17(25-2)16(22)12-15)23-20(24)7-4-14-10-18(26-3)21-19(11-14)27-8-9-28-21/h4-7,10-13H,8-9H2,1-3H3,(H,23,24)/b7-4+. The average Bonchev–Trinajstić information content (AvgIpc) is 2.71. The van der Waals surface area contributed by atoms with Crippen molar-refractivity contribution in [2.24, 2.45) is 0 Å². The second-order valence-corrected chi connectivity index (χ2v) is 6.20. The predicted octanol–water partition coefficient (Wildman–Crippen LogP) is 3.50. The van der Waals surface area contributed by atoms with Gasteiger partial charge >= 0.3 is 0 Å². The number of amides is 1. The molecule has 1 amide bonds. The topological polar surface area (TPSA) is 66.0 Å². The molecule has 28 heavy (non-hydrogen) atoms. The van der Waals surface area contributed by atoms with Gasteiger partial charge in [0.25, 0.3) is 0 Å². The average molecular weight is 387 g/mol. The fourth-order valence-corrected chi connectivity index (χ4v) is 2.86. The number of carbonyl (C=O) groups excluding carboxylic acids is 1. The van der Waals surface area contributed by atoms with E-state index in [-0.39, 0.29) is 17.7 Å². The monoisotopic (exact) mass is 387 g/mol. The van der Waals surface area contributed by atoms with Crippen LogP contribution in [-0.2, 0) is 4.79 Å². The van der Waals surface area contributed by atoms with E-state index < -0.39 is 5.82 Å². The van der Waals surface area contributed by atoms with Crippen molar-refractivity contribution < 1.29 is 28.1 Å². The molecule has 2 aromatic rings. The molecule has 0 fully saturated rings. The molecule has 148 valence electrons. The van der Waals surface area contributed by atoms with Gasteiger partial charge < -0.3 is 24.3 Å². The molecule has 1 unspecified atom stereocenters. The summed E-state index contributed by atoms with van der Waals surface area (Å²) < 4.78 is 35.2. The van der Waals surface area contributed by atoms with E-state index in [0.29, 0.717) is 36.0 Å². The Morgan fingerprint density at radius 1 is 1.14 bits per heavy atom. The van der Waals surface area contributed by atoms with E-state index in [4.69, 9.17) is 18.9 Å². The van der Waals surface area contributed by atoms with E-state index >= 15 is 0 Å². The van der Waals surface area contributed by atoms with Crippen LogP contribution in [0.3, 0.4) is 0 Å².